The van der Waals surface area contributed by atoms with E-state index >= 15 is 0 Å². The van der Waals surface area contributed by atoms with Crippen molar-refractivity contribution in [3.05, 3.63) is 83.1 Å². The molecule has 0 atom stereocenters. The Morgan fingerprint density at radius 1 is 0.850 bits per heavy atom. The molecule has 1 nitrogen and oxygen atoms in total. The molecule has 0 amide bonds. The smallest absolute Gasteiger partial charge is 0.0988 e. The minimum Gasteiger partial charge on any atom is -0.501 e. The van der Waals surface area contributed by atoms with Crippen molar-refractivity contribution < 1.29 is 4.74 Å². The SMILES string of the molecule is CO/C(Cc1ccccc1)=C(/C)CCc1ccccc1. The Morgan fingerprint density at radius 2 is 1.40 bits per heavy atom. The summed E-state index contributed by atoms with van der Waals surface area (Å²) in [5, 5.41) is 0. The van der Waals surface area contributed by atoms with E-state index in [1.54, 1.807) is 7.11 Å². The molecule has 104 valence electrons. The molecule has 0 aliphatic rings. The number of rotatable bonds is 6. The van der Waals surface area contributed by atoms with E-state index in [-0.39, 0.29) is 0 Å². The molecule has 0 unspecified atom stereocenters. The van der Waals surface area contributed by atoms with Gasteiger partial charge < -0.3 is 4.74 Å². The number of allylic oxidation sites excluding steroid dienone is 2. The lowest BCUT2D eigenvalue weighted by atomic mass is 10.0. The second-order valence-electron chi connectivity index (χ2n) is 5.06. The summed E-state index contributed by atoms with van der Waals surface area (Å²) < 4.78 is 5.58. The molecule has 0 aliphatic heterocycles. The van der Waals surface area contributed by atoms with Crippen LogP contribution in [-0.4, -0.2) is 7.11 Å². The quantitative estimate of drug-likeness (QED) is 0.683. The van der Waals surface area contributed by atoms with Crippen LogP contribution in [-0.2, 0) is 17.6 Å². The zero-order chi connectivity index (χ0) is 14.2. The summed E-state index contributed by atoms with van der Waals surface area (Å²) in [6.07, 6.45) is 2.98. The summed E-state index contributed by atoms with van der Waals surface area (Å²) in [4.78, 5) is 0. The average Bonchev–Trinajstić information content (AvgIpc) is 2.52. The van der Waals surface area contributed by atoms with Crippen LogP contribution in [0.5, 0.6) is 0 Å². The molecule has 0 bridgehead atoms. The lowest BCUT2D eigenvalue weighted by Gasteiger charge is -2.11. The molecule has 2 aromatic rings. The van der Waals surface area contributed by atoms with E-state index in [0.717, 1.165) is 25.0 Å². The summed E-state index contributed by atoms with van der Waals surface area (Å²) in [5.41, 5.74) is 4.01. The number of methoxy groups -OCH3 is 1. The number of ether oxygens (including phenoxy) is 1. The van der Waals surface area contributed by atoms with Gasteiger partial charge in [0.05, 0.1) is 12.9 Å². The van der Waals surface area contributed by atoms with Crippen LogP contribution in [0.1, 0.15) is 24.5 Å². The third kappa shape index (κ3) is 4.27. The second-order valence-corrected chi connectivity index (χ2v) is 5.06. The fourth-order valence-corrected chi connectivity index (χ4v) is 2.29. The minimum absolute atomic E-state index is 0.873. The highest BCUT2D eigenvalue weighted by atomic mass is 16.5. The maximum absolute atomic E-state index is 5.58. The lowest BCUT2D eigenvalue weighted by Crippen LogP contribution is -1.98. The van der Waals surface area contributed by atoms with Crippen molar-refractivity contribution in [3.63, 3.8) is 0 Å². The third-order valence-corrected chi connectivity index (χ3v) is 3.56. The molecule has 0 aromatic heterocycles. The Balaban J connectivity index is 2.00. The molecule has 0 fully saturated rings. The molecule has 0 radical (unpaired) electrons. The fourth-order valence-electron chi connectivity index (χ4n) is 2.29. The first-order valence-corrected chi connectivity index (χ1v) is 7.10. The van der Waals surface area contributed by atoms with Gasteiger partial charge >= 0.3 is 0 Å². The molecule has 0 heterocycles. The van der Waals surface area contributed by atoms with E-state index < -0.39 is 0 Å². The summed E-state index contributed by atoms with van der Waals surface area (Å²) >= 11 is 0. The fraction of sp³-hybridized carbons (Fsp3) is 0.263. The Kier molecular flexibility index (Phi) is 5.43. The van der Waals surface area contributed by atoms with Gasteiger partial charge in [-0.3, -0.25) is 0 Å². The van der Waals surface area contributed by atoms with Crippen LogP contribution in [0.3, 0.4) is 0 Å². The summed E-state index contributed by atoms with van der Waals surface area (Å²) in [6.45, 7) is 2.17. The number of hydrogen-bond donors (Lipinski definition) is 0. The van der Waals surface area contributed by atoms with Crippen molar-refractivity contribution in [3.8, 4) is 0 Å². The van der Waals surface area contributed by atoms with Crippen molar-refractivity contribution in [2.75, 3.05) is 7.11 Å². The van der Waals surface area contributed by atoms with E-state index in [0.29, 0.717) is 0 Å². The van der Waals surface area contributed by atoms with Gasteiger partial charge in [0.25, 0.3) is 0 Å². The standard InChI is InChI=1S/C19H22O/c1-16(13-14-17-9-5-3-6-10-17)19(20-2)15-18-11-7-4-8-12-18/h3-12H,13-15H2,1-2H3/b19-16-. The predicted molar refractivity (Wildman–Crippen MR) is 84.6 cm³/mol. The van der Waals surface area contributed by atoms with Gasteiger partial charge in [0.1, 0.15) is 0 Å². The molecule has 1 heteroatoms. The number of aryl methyl sites for hydroxylation is 1. The molecule has 20 heavy (non-hydrogen) atoms. The van der Waals surface area contributed by atoms with Crippen LogP contribution in [0, 0.1) is 0 Å². The van der Waals surface area contributed by atoms with Crippen LogP contribution in [0.2, 0.25) is 0 Å². The van der Waals surface area contributed by atoms with Crippen molar-refractivity contribution >= 4 is 0 Å². The van der Waals surface area contributed by atoms with Crippen molar-refractivity contribution in [1.29, 1.82) is 0 Å². The third-order valence-electron chi connectivity index (χ3n) is 3.56. The molecule has 0 aliphatic carbocycles. The van der Waals surface area contributed by atoms with E-state index in [1.807, 2.05) is 6.07 Å². The van der Waals surface area contributed by atoms with Crippen LogP contribution >= 0.6 is 0 Å². The van der Waals surface area contributed by atoms with Crippen LogP contribution in [0.15, 0.2) is 72.0 Å². The Morgan fingerprint density at radius 3 is 1.95 bits per heavy atom. The topological polar surface area (TPSA) is 9.23 Å². The molecule has 0 saturated carbocycles. The van der Waals surface area contributed by atoms with Gasteiger partial charge in [-0.1, -0.05) is 60.7 Å². The zero-order valence-electron chi connectivity index (χ0n) is 12.3. The first kappa shape index (κ1) is 14.4. The Hall–Kier alpha value is -2.02. The van der Waals surface area contributed by atoms with Gasteiger partial charge in [-0.2, -0.15) is 0 Å². The zero-order valence-corrected chi connectivity index (χ0v) is 12.3. The Labute approximate surface area is 121 Å². The normalized spacial score (nSPS) is 11.9. The number of benzene rings is 2. The number of hydrogen-bond acceptors (Lipinski definition) is 1. The molecule has 0 spiro atoms. The van der Waals surface area contributed by atoms with E-state index in [2.05, 4.69) is 61.5 Å². The van der Waals surface area contributed by atoms with E-state index in [4.69, 9.17) is 4.74 Å². The summed E-state index contributed by atoms with van der Waals surface area (Å²) in [6, 6.07) is 21.1. The predicted octanol–water partition coefficient (Wildman–Crippen LogP) is 4.78. The highest BCUT2D eigenvalue weighted by molar-refractivity contribution is 5.23. The van der Waals surface area contributed by atoms with Crippen LogP contribution in [0.4, 0.5) is 0 Å². The molecule has 0 saturated heterocycles. The average molecular weight is 266 g/mol. The maximum atomic E-state index is 5.58. The first-order chi connectivity index (χ1) is 9.79. The largest absolute Gasteiger partial charge is 0.501 e. The lowest BCUT2D eigenvalue weighted by molar-refractivity contribution is 0.277. The Bertz CT molecular complexity index is 540. The molecular weight excluding hydrogens is 244 g/mol. The molecular formula is C19H22O. The van der Waals surface area contributed by atoms with Gasteiger partial charge in [0.2, 0.25) is 0 Å². The minimum atomic E-state index is 0.873. The van der Waals surface area contributed by atoms with E-state index in [9.17, 15) is 0 Å². The van der Waals surface area contributed by atoms with Gasteiger partial charge in [0.15, 0.2) is 0 Å². The van der Waals surface area contributed by atoms with Gasteiger partial charge in [-0.05, 0) is 36.5 Å². The van der Waals surface area contributed by atoms with Crippen molar-refractivity contribution in [2.45, 2.75) is 26.2 Å². The van der Waals surface area contributed by atoms with Crippen LogP contribution in [0.25, 0.3) is 0 Å². The van der Waals surface area contributed by atoms with Crippen molar-refractivity contribution in [1.82, 2.24) is 0 Å². The van der Waals surface area contributed by atoms with Gasteiger partial charge in [-0.15, -0.1) is 0 Å². The summed E-state index contributed by atoms with van der Waals surface area (Å²) in [5.74, 6) is 1.09. The molecule has 2 aromatic carbocycles. The summed E-state index contributed by atoms with van der Waals surface area (Å²) in [7, 11) is 1.77. The second kappa shape index (κ2) is 7.54. The van der Waals surface area contributed by atoms with Gasteiger partial charge in [-0.25, -0.2) is 0 Å². The molecule has 2 rings (SSSR count). The highest BCUT2D eigenvalue weighted by Crippen LogP contribution is 2.17. The van der Waals surface area contributed by atoms with Crippen LogP contribution < -0.4 is 0 Å². The highest BCUT2D eigenvalue weighted by Gasteiger charge is 2.05. The van der Waals surface area contributed by atoms with E-state index in [1.165, 1.54) is 16.7 Å². The maximum Gasteiger partial charge on any atom is 0.0988 e. The molecule has 0 N–H and O–H groups in total. The van der Waals surface area contributed by atoms with Gasteiger partial charge in [0, 0.05) is 6.42 Å². The van der Waals surface area contributed by atoms with Crippen molar-refractivity contribution in [2.24, 2.45) is 0 Å². The first-order valence-electron chi connectivity index (χ1n) is 7.10. The monoisotopic (exact) mass is 266 g/mol.